The van der Waals surface area contributed by atoms with Crippen molar-refractivity contribution in [3.63, 3.8) is 0 Å². The summed E-state index contributed by atoms with van der Waals surface area (Å²) in [5.41, 5.74) is 5.94. The van der Waals surface area contributed by atoms with E-state index < -0.39 is 11.7 Å². The molecule has 0 heterocycles. The Labute approximate surface area is 119 Å². The van der Waals surface area contributed by atoms with Crippen LogP contribution in [0.3, 0.4) is 0 Å². The van der Waals surface area contributed by atoms with Gasteiger partial charge in [0.25, 0.3) is 0 Å². The average Bonchev–Trinajstić information content (AvgIpc) is 2.41. The summed E-state index contributed by atoms with van der Waals surface area (Å²) >= 11 is 0. The van der Waals surface area contributed by atoms with Gasteiger partial charge in [-0.15, -0.1) is 0 Å². The van der Waals surface area contributed by atoms with E-state index in [-0.39, 0.29) is 17.1 Å². The van der Waals surface area contributed by atoms with Crippen molar-refractivity contribution < 1.29 is 17.9 Å². The van der Waals surface area contributed by atoms with Crippen molar-refractivity contribution in [2.75, 3.05) is 5.73 Å². The number of halogens is 3. The molecule has 0 radical (unpaired) electrons. The average molecular weight is 292 g/mol. The van der Waals surface area contributed by atoms with Crippen LogP contribution in [0, 0.1) is 18.3 Å². The zero-order valence-electron chi connectivity index (χ0n) is 11.0. The smallest absolute Gasteiger partial charge is 0.416 e. The number of nitriles is 1. The molecule has 21 heavy (non-hydrogen) atoms. The quantitative estimate of drug-likeness (QED) is 0.841. The van der Waals surface area contributed by atoms with Gasteiger partial charge in [0.2, 0.25) is 0 Å². The van der Waals surface area contributed by atoms with Gasteiger partial charge >= 0.3 is 6.18 Å². The van der Waals surface area contributed by atoms with E-state index in [1.807, 2.05) is 6.92 Å². The van der Waals surface area contributed by atoms with Gasteiger partial charge in [0.05, 0.1) is 16.8 Å². The van der Waals surface area contributed by atoms with E-state index in [1.165, 1.54) is 0 Å². The topological polar surface area (TPSA) is 59.0 Å². The lowest BCUT2D eigenvalue weighted by Gasteiger charge is -2.12. The predicted octanol–water partition coefficient (Wildman–Crippen LogP) is 4.26. The molecule has 0 saturated carbocycles. The molecule has 6 heteroatoms. The highest BCUT2D eigenvalue weighted by Crippen LogP contribution is 2.35. The molecule has 0 aromatic heterocycles. The summed E-state index contributed by atoms with van der Waals surface area (Å²) in [4.78, 5) is 0. The van der Waals surface area contributed by atoms with Crippen LogP contribution in [0.4, 0.5) is 18.9 Å². The van der Waals surface area contributed by atoms with Crippen molar-refractivity contribution in [3.8, 4) is 17.6 Å². The Bertz CT molecular complexity index is 718. The van der Waals surface area contributed by atoms with E-state index >= 15 is 0 Å². The maximum Gasteiger partial charge on any atom is 0.416 e. The highest BCUT2D eigenvalue weighted by Gasteiger charge is 2.31. The summed E-state index contributed by atoms with van der Waals surface area (Å²) in [6.45, 7) is 1.85. The van der Waals surface area contributed by atoms with Crippen LogP contribution < -0.4 is 10.5 Å². The molecular formula is C15H11F3N2O. The fourth-order valence-electron chi connectivity index (χ4n) is 1.76. The Morgan fingerprint density at radius 3 is 2.33 bits per heavy atom. The molecular weight excluding hydrogens is 281 g/mol. The lowest BCUT2D eigenvalue weighted by molar-refractivity contribution is -0.137. The van der Waals surface area contributed by atoms with E-state index in [0.717, 1.165) is 23.8 Å². The summed E-state index contributed by atoms with van der Waals surface area (Å²) in [5, 5.41) is 8.97. The van der Waals surface area contributed by atoms with Crippen molar-refractivity contribution in [3.05, 3.63) is 53.1 Å². The van der Waals surface area contributed by atoms with Crippen molar-refractivity contribution in [2.24, 2.45) is 0 Å². The molecule has 0 saturated heterocycles. The molecule has 0 bridgehead atoms. The van der Waals surface area contributed by atoms with Gasteiger partial charge in [-0.2, -0.15) is 18.4 Å². The van der Waals surface area contributed by atoms with Gasteiger partial charge in [-0.05, 0) is 42.8 Å². The highest BCUT2D eigenvalue weighted by atomic mass is 19.4. The highest BCUT2D eigenvalue weighted by molar-refractivity contribution is 5.57. The van der Waals surface area contributed by atoms with E-state index in [0.29, 0.717) is 5.69 Å². The number of alkyl halides is 3. The van der Waals surface area contributed by atoms with Crippen molar-refractivity contribution in [1.82, 2.24) is 0 Å². The number of hydrogen-bond acceptors (Lipinski definition) is 3. The SMILES string of the molecule is Cc1ccc(Oc2ccc(C(F)(F)F)cc2C#N)c(N)c1. The largest absolute Gasteiger partial charge is 0.454 e. The van der Waals surface area contributed by atoms with Crippen LogP contribution in [0.15, 0.2) is 36.4 Å². The summed E-state index contributed by atoms with van der Waals surface area (Å²) in [7, 11) is 0. The molecule has 2 aromatic carbocycles. The summed E-state index contributed by atoms with van der Waals surface area (Å²) < 4.78 is 43.2. The van der Waals surface area contributed by atoms with Gasteiger partial charge in [0, 0.05) is 0 Å². The monoisotopic (exact) mass is 292 g/mol. The number of benzene rings is 2. The predicted molar refractivity (Wildman–Crippen MR) is 71.8 cm³/mol. The fraction of sp³-hybridized carbons (Fsp3) is 0.133. The first-order chi connectivity index (χ1) is 9.81. The molecule has 0 spiro atoms. The van der Waals surface area contributed by atoms with Gasteiger partial charge in [-0.1, -0.05) is 6.07 Å². The third kappa shape index (κ3) is 3.26. The molecule has 0 aliphatic rings. The molecule has 108 valence electrons. The van der Waals surface area contributed by atoms with E-state index in [9.17, 15) is 13.2 Å². The Hall–Kier alpha value is -2.68. The second-order valence-corrected chi connectivity index (χ2v) is 4.46. The van der Waals surface area contributed by atoms with Gasteiger partial charge in [-0.25, -0.2) is 0 Å². The number of nitrogens with zero attached hydrogens (tertiary/aromatic N) is 1. The third-order valence-electron chi connectivity index (χ3n) is 2.81. The molecule has 2 rings (SSSR count). The van der Waals surface area contributed by atoms with Crippen molar-refractivity contribution in [1.29, 1.82) is 5.26 Å². The van der Waals surface area contributed by atoms with Crippen LogP contribution in [-0.4, -0.2) is 0 Å². The molecule has 0 aliphatic heterocycles. The van der Waals surface area contributed by atoms with Crippen LogP contribution in [0.25, 0.3) is 0 Å². The fourth-order valence-corrected chi connectivity index (χ4v) is 1.76. The third-order valence-corrected chi connectivity index (χ3v) is 2.81. The first-order valence-electron chi connectivity index (χ1n) is 5.96. The zero-order chi connectivity index (χ0) is 15.6. The van der Waals surface area contributed by atoms with Crippen LogP contribution in [0.2, 0.25) is 0 Å². The number of nitrogens with two attached hydrogens (primary N) is 1. The molecule has 2 N–H and O–H groups in total. The second kappa shape index (κ2) is 5.37. The summed E-state index contributed by atoms with van der Waals surface area (Å²) in [6, 6.07) is 9.44. The number of anilines is 1. The van der Waals surface area contributed by atoms with Crippen LogP contribution in [-0.2, 0) is 6.18 Å². The maximum atomic E-state index is 12.6. The first-order valence-corrected chi connectivity index (χ1v) is 5.96. The first kappa shape index (κ1) is 14.7. The number of nitrogen functional groups attached to an aromatic ring is 1. The van der Waals surface area contributed by atoms with Crippen molar-refractivity contribution >= 4 is 5.69 Å². The molecule has 0 fully saturated rings. The summed E-state index contributed by atoms with van der Waals surface area (Å²) in [5.74, 6) is 0.318. The molecule has 3 nitrogen and oxygen atoms in total. The van der Waals surface area contributed by atoms with Gasteiger partial charge in [-0.3, -0.25) is 0 Å². The number of aryl methyl sites for hydroxylation is 1. The zero-order valence-corrected chi connectivity index (χ0v) is 11.0. The second-order valence-electron chi connectivity index (χ2n) is 4.46. The standard InChI is InChI=1S/C15H11F3N2O/c1-9-2-4-14(12(20)6-9)21-13-5-3-11(15(16,17)18)7-10(13)8-19/h2-7H,20H2,1H3. The Kier molecular flexibility index (Phi) is 3.76. The molecule has 0 unspecified atom stereocenters. The maximum absolute atomic E-state index is 12.6. The Morgan fingerprint density at radius 1 is 1.10 bits per heavy atom. The molecule has 0 aliphatic carbocycles. The number of ether oxygens (including phenoxy) is 1. The lowest BCUT2D eigenvalue weighted by atomic mass is 10.1. The Balaban J connectivity index is 2.39. The van der Waals surface area contributed by atoms with E-state index in [2.05, 4.69) is 0 Å². The molecule has 2 aromatic rings. The minimum absolute atomic E-state index is 0.0288. The number of hydrogen-bond donors (Lipinski definition) is 1. The van der Waals surface area contributed by atoms with Gasteiger partial charge in [0.1, 0.15) is 17.6 Å². The van der Waals surface area contributed by atoms with E-state index in [1.54, 1.807) is 24.3 Å². The molecule has 0 amide bonds. The van der Waals surface area contributed by atoms with E-state index in [4.69, 9.17) is 15.7 Å². The van der Waals surface area contributed by atoms with Gasteiger partial charge < -0.3 is 10.5 Å². The van der Waals surface area contributed by atoms with Crippen molar-refractivity contribution in [2.45, 2.75) is 13.1 Å². The molecule has 0 atom stereocenters. The lowest BCUT2D eigenvalue weighted by Crippen LogP contribution is -2.05. The summed E-state index contributed by atoms with van der Waals surface area (Å²) in [6.07, 6.45) is -4.51. The Morgan fingerprint density at radius 2 is 1.76 bits per heavy atom. The van der Waals surface area contributed by atoms with Crippen LogP contribution in [0.1, 0.15) is 16.7 Å². The van der Waals surface area contributed by atoms with Gasteiger partial charge in [0.15, 0.2) is 0 Å². The van der Waals surface area contributed by atoms with Crippen LogP contribution >= 0.6 is 0 Å². The number of rotatable bonds is 2. The van der Waals surface area contributed by atoms with Crippen LogP contribution in [0.5, 0.6) is 11.5 Å². The normalized spacial score (nSPS) is 11.0. The minimum atomic E-state index is -4.51. The minimum Gasteiger partial charge on any atom is -0.454 e.